The number of nitrogens with zero attached hydrogens (tertiary/aromatic N) is 2. The van der Waals surface area contributed by atoms with Crippen molar-refractivity contribution in [2.75, 3.05) is 43.4 Å². The molecule has 3 rings (SSSR count). The zero-order valence-corrected chi connectivity index (χ0v) is 10.3. The molecule has 17 heavy (non-hydrogen) atoms. The smallest absolute Gasteiger partial charge is 0.0387 e. The van der Waals surface area contributed by atoms with E-state index in [0.29, 0.717) is 0 Å². The SMILES string of the molecule is Nc1cccc(N2CCN(CC3CC3)CC2)c1. The molecule has 0 unspecified atom stereocenters. The summed E-state index contributed by atoms with van der Waals surface area (Å²) in [5, 5.41) is 0. The normalized spacial score (nSPS) is 21.8. The molecule has 0 aromatic heterocycles. The van der Waals surface area contributed by atoms with Crippen molar-refractivity contribution in [3.05, 3.63) is 24.3 Å². The Morgan fingerprint density at radius 2 is 1.88 bits per heavy atom. The average molecular weight is 231 g/mol. The molecule has 1 aromatic carbocycles. The van der Waals surface area contributed by atoms with Crippen molar-refractivity contribution in [3.8, 4) is 0 Å². The van der Waals surface area contributed by atoms with Gasteiger partial charge in [-0.1, -0.05) is 6.07 Å². The molecule has 92 valence electrons. The Morgan fingerprint density at radius 1 is 1.12 bits per heavy atom. The van der Waals surface area contributed by atoms with E-state index < -0.39 is 0 Å². The Balaban J connectivity index is 1.56. The highest BCUT2D eigenvalue weighted by molar-refractivity contribution is 5.56. The summed E-state index contributed by atoms with van der Waals surface area (Å²) in [6, 6.07) is 8.23. The predicted molar refractivity (Wildman–Crippen MR) is 72.2 cm³/mol. The molecule has 0 bridgehead atoms. The van der Waals surface area contributed by atoms with Crippen LogP contribution in [0.1, 0.15) is 12.8 Å². The summed E-state index contributed by atoms with van der Waals surface area (Å²) in [5.41, 5.74) is 7.97. The Kier molecular flexibility index (Phi) is 2.93. The minimum atomic E-state index is 0.864. The second-order valence-electron chi connectivity index (χ2n) is 5.33. The molecule has 2 N–H and O–H groups in total. The molecule has 0 atom stereocenters. The van der Waals surface area contributed by atoms with Crippen LogP contribution in [0.2, 0.25) is 0 Å². The number of nitrogen functional groups attached to an aromatic ring is 1. The van der Waals surface area contributed by atoms with Gasteiger partial charge in [-0.15, -0.1) is 0 Å². The van der Waals surface area contributed by atoms with E-state index in [2.05, 4.69) is 21.9 Å². The van der Waals surface area contributed by atoms with Crippen LogP contribution in [0.5, 0.6) is 0 Å². The van der Waals surface area contributed by atoms with Crippen molar-refractivity contribution in [1.29, 1.82) is 0 Å². The third-order valence-electron chi connectivity index (χ3n) is 3.82. The van der Waals surface area contributed by atoms with E-state index in [1.165, 1.54) is 38.2 Å². The van der Waals surface area contributed by atoms with Crippen LogP contribution in [0, 0.1) is 5.92 Å². The third kappa shape index (κ3) is 2.72. The summed E-state index contributed by atoms with van der Waals surface area (Å²) in [7, 11) is 0. The van der Waals surface area contributed by atoms with Crippen molar-refractivity contribution in [1.82, 2.24) is 4.90 Å². The van der Waals surface area contributed by atoms with E-state index in [4.69, 9.17) is 5.73 Å². The van der Waals surface area contributed by atoms with Crippen molar-refractivity contribution in [2.24, 2.45) is 5.92 Å². The maximum atomic E-state index is 5.83. The Bertz CT molecular complexity index is 379. The second-order valence-corrected chi connectivity index (χ2v) is 5.33. The summed E-state index contributed by atoms with van der Waals surface area (Å²) in [4.78, 5) is 5.06. The highest BCUT2D eigenvalue weighted by Crippen LogP contribution is 2.30. The third-order valence-corrected chi connectivity index (χ3v) is 3.82. The van der Waals surface area contributed by atoms with Crippen LogP contribution in [-0.2, 0) is 0 Å². The van der Waals surface area contributed by atoms with E-state index in [1.807, 2.05) is 12.1 Å². The van der Waals surface area contributed by atoms with Gasteiger partial charge in [0.05, 0.1) is 0 Å². The van der Waals surface area contributed by atoms with Crippen LogP contribution >= 0.6 is 0 Å². The van der Waals surface area contributed by atoms with Gasteiger partial charge in [0.15, 0.2) is 0 Å². The van der Waals surface area contributed by atoms with Crippen molar-refractivity contribution in [3.63, 3.8) is 0 Å². The fourth-order valence-corrected chi connectivity index (χ4v) is 2.58. The van der Waals surface area contributed by atoms with Gasteiger partial charge in [0, 0.05) is 44.1 Å². The standard InChI is InChI=1S/C14H21N3/c15-13-2-1-3-14(10-13)17-8-6-16(7-9-17)11-12-4-5-12/h1-3,10,12H,4-9,11,15H2. The van der Waals surface area contributed by atoms with Crippen molar-refractivity contribution >= 4 is 11.4 Å². The quantitative estimate of drug-likeness (QED) is 0.805. The second kappa shape index (κ2) is 4.57. The van der Waals surface area contributed by atoms with Gasteiger partial charge in [0.1, 0.15) is 0 Å². The fourth-order valence-electron chi connectivity index (χ4n) is 2.58. The monoisotopic (exact) mass is 231 g/mol. The van der Waals surface area contributed by atoms with Crippen LogP contribution in [0.15, 0.2) is 24.3 Å². The lowest BCUT2D eigenvalue weighted by Gasteiger charge is -2.36. The molecule has 2 fully saturated rings. The molecule has 1 aliphatic heterocycles. The van der Waals surface area contributed by atoms with E-state index in [-0.39, 0.29) is 0 Å². The van der Waals surface area contributed by atoms with Gasteiger partial charge in [0.2, 0.25) is 0 Å². The molecule has 1 saturated heterocycles. The van der Waals surface area contributed by atoms with E-state index >= 15 is 0 Å². The molecular formula is C14H21N3. The molecule has 2 aliphatic rings. The lowest BCUT2D eigenvalue weighted by Crippen LogP contribution is -2.47. The van der Waals surface area contributed by atoms with Crippen LogP contribution in [0.3, 0.4) is 0 Å². The molecule has 0 amide bonds. The van der Waals surface area contributed by atoms with E-state index in [1.54, 1.807) is 0 Å². The van der Waals surface area contributed by atoms with Crippen LogP contribution in [-0.4, -0.2) is 37.6 Å². The summed E-state index contributed by atoms with van der Waals surface area (Å²) in [6.45, 7) is 5.99. The minimum absolute atomic E-state index is 0.864. The molecule has 0 spiro atoms. The summed E-state index contributed by atoms with van der Waals surface area (Å²) >= 11 is 0. The predicted octanol–water partition coefficient (Wildman–Crippen LogP) is 1.80. The number of nitrogens with two attached hydrogens (primary N) is 1. The summed E-state index contributed by atoms with van der Waals surface area (Å²) in [6.07, 6.45) is 2.91. The van der Waals surface area contributed by atoms with Gasteiger partial charge in [0.25, 0.3) is 0 Å². The Morgan fingerprint density at radius 3 is 2.53 bits per heavy atom. The summed E-state index contributed by atoms with van der Waals surface area (Å²) < 4.78 is 0. The number of piperazine rings is 1. The summed E-state index contributed by atoms with van der Waals surface area (Å²) in [5.74, 6) is 1.01. The Labute approximate surface area is 103 Å². The lowest BCUT2D eigenvalue weighted by atomic mass is 10.2. The van der Waals surface area contributed by atoms with Crippen LogP contribution in [0.4, 0.5) is 11.4 Å². The first-order valence-electron chi connectivity index (χ1n) is 6.64. The number of rotatable bonds is 3. The largest absolute Gasteiger partial charge is 0.399 e. The molecule has 3 heteroatoms. The van der Waals surface area contributed by atoms with Gasteiger partial charge in [-0.25, -0.2) is 0 Å². The fraction of sp³-hybridized carbons (Fsp3) is 0.571. The highest BCUT2D eigenvalue weighted by atomic mass is 15.3. The molecular weight excluding hydrogens is 210 g/mol. The van der Waals surface area contributed by atoms with Crippen LogP contribution in [0.25, 0.3) is 0 Å². The average Bonchev–Trinajstić information content (AvgIpc) is 3.14. The molecule has 1 saturated carbocycles. The number of hydrogen-bond donors (Lipinski definition) is 1. The Hall–Kier alpha value is -1.22. The van der Waals surface area contributed by atoms with Gasteiger partial charge in [-0.3, -0.25) is 4.90 Å². The van der Waals surface area contributed by atoms with Crippen molar-refractivity contribution in [2.45, 2.75) is 12.8 Å². The maximum Gasteiger partial charge on any atom is 0.0387 e. The molecule has 3 nitrogen and oxygen atoms in total. The molecule has 1 aromatic rings. The first-order valence-corrected chi connectivity index (χ1v) is 6.64. The first-order chi connectivity index (χ1) is 8.31. The van der Waals surface area contributed by atoms with Gasteiger partial charge >= 0.3 is 0 Å². The van der Waals surface area contributed by atoms with Crippen LogP contribution < -0.4 is 10.6 Å². The van der Waals surface area contributed by atoms with Crippen molar-refractivity contribution < 1.29 is 0 Å². The number of hydrogen-bond acceptors (Lipinski definition) is 3. The zero-order valence-electron chi connectivity index (χ0n) is 10.3. The maximum absolute atomic E-state index is 5.83. The molecule has 1 heterocycles. The van der Waals surface area contributed by atoms with Gasteiger partial charge in [-0.05, 0) is 37.0 Å². The number of benzene rings is 1. The highest BCUT2D eigenvalue weighted by Gasteiger charge is 2.26. The first kappa shape index (κ1) is 10.9. The van der Waals surface area contributed by atoms with E-state index in [0.717, 1.165) is 24.7 Å². The molecule has 0 radical (unpaired) electrons. The van der Waals surface area contributed by atoms with Gasteiger partial charge in [-0.2, -0.15) is 0 Å². The minimum Gasteiger partial charge on any atom is -0.399 e. The zero-order chi connectivity index (χ0) is 11.7. The van der Waals surface area contributed by atoms with E-state index in [9.17, 15) is 0 Å². The number of anilines is 2. The molecule has 1 aliphatic carbocycles. The topological polar surface area (TPSA) is 32.5 Å². The lowest BCUT2D eigenvalue weighted by molar-refractivity contribution is 0.248. The van der Waals surface area contributed by atoms with Gasteiger partial charge < -0.3 is 10.6 Å².